The van der Waals surface area contributed by atoms with E-state index in [1.54, 1.807) is 13.2 Å². The van der Waals surface area contributed by atoms with Gasteiger partial charge in [0, 0.05) is 28.6 Å². The first-order valence-electron chi connectivity index (χ1n) is 7.98. The van der Waals surface area contributed by atoms with Gasteiger partial charge in [0.25, 0.3) is 5.91 Å². The molecule has 2 aromatic carbocycles. The number of halogens is 1. The van der Waals surface area contributed by atoms with Crippen LogP contribution in [0.3, 0.4) is 0 Å². The molecule has 0 aliphatic carbocycles. The fourth-order valence-corrected chi connectivity index (χ4v) is 4.52. The van der Waals surface area contributed by atoms with Crippen molar-refractivity contribution in [3.05, 3.63) is 64.1 Å². The highest BCUT2D eigenvalue weighted by Gasteiger charge is 2.24. The molecule has 3 rings (SSSR count). The van der Waals surface area contributed by atoms with E-state index in [-0.39, 0.29) is 5.91 Å². The summed E-state index contributed by atoms with van der Waals surface area (Å²) in [5, 5.41) is 0.456. The first kappa shape index (κ1) is 17.4. The number of hydrogen-bond donors (Lipinski definition) is 0. The molecule has 0 radical (unpaired) electrons. The van der Waals surface area contributed by atoms with Crippen molar-refractivity contribution < 1.29 is 9.53 Å². The van der Waals surface area contributed by atoms with Gasteiger partial charge in [-0.05, 0) is 46.1 Å². The van der Waals surface area contributed by atoms with E-state index in [9.17, 15) is 4.79 Å². The number of benzene rings is 2. The van der Waals surface area contributed by atoms with Crippen LogP contribution in [0.5, 0.6) is 5.75 Å². The van der Waals surface area contributed by atoms with Crippen LogP contribution in [0.15, 0.2) is 53.0 Å². The molecule has 3 nitrogen and oxygen atoms in total. The van der Waals surface area contributed by atoms with Gasteiger partial charge < -0.3 is 9.64 Å². The van der Waals surface area contributed by atoms with Gasteiger partial charge in [-0.3, -0.25) is 4.79 Å². The molecule has 1 aliphatic heterocycles. The Morgan fingerprint density at radius 3 is 2.75 bits per heavy atom. The summed E-state index contributed by atoms with van der Waals surface area (Å²) in [6.07, 6.45) is 0.974. The van der Waals surface area contributed by atoms with E-state index in [0.29, 0.717) is 16.6 Å². The fourth-order valence-electron chi connectivity index (χ4n) is 2.87. The number of carbonyl (C=O) groups is 1. The van der Waals surface area contributed by atoms with Gasteiger partial charge in [-0.15, -0.1) is 0 Å². The van der Waals surface area contributed by atoms with Crippen LogP contribution >= 0.6 is 27.7 Å². The minimum absolute atomic E-state index is 0.0649. The van der Waals surface area contributed by atoms with Gasteiger partial charge in [0.15, 0.2) is 0 Å². The van der Waals surface area contributed by atoms with E-state index in [0.717, 1.165) is 29.7 Å². The van der Waals surface area contributed by atoms with Crippen LogP contribution in [0.25, 0.3) is 0 Å². The van der Waals surface area contributed by atoms with Gasteiger partial charge in [-0.1, -0.05) is 30.3 Å². The second kappa shape index (κ2) is 8.08. The highest BCUT2D eigenvalue weighted by atomic mass is 79.9. The Morgan fingerprint density at radius 2 is 2.00 bits per heavy atom. The largest absolute Gasteiger partial charge is 0.497 e. The Morgan fingerprint density at radius 1 is 1.21 bits per heavy atom. The molecule has 0 N–H and O–H groups in total. The molecule has 2 aromatic rings. The molecule has 1 unspecified atom stereocenters. The molecule has 0 aromatic heterocycles. The second-order valence-corrected chi connectivity index (χ2v) is 7.86. The third kappa shape index (κ3) is 3.95. The first-order chi connectivity index (χ1) is 11.7. The topological polar surface area (TPSA) is 29.5 Å². The SMILES string of the molecule is COc1ccc(Br)c(C(=O)N2CCSC(c3ccccc3)CC2)c1. The predicted molar refractivity (Wildman–Crippen MR) is 103 cm³/mol. The summed E-state index contributed by atoms with van der Waals surface area (Å²) in [4.78, 5) is 14.9. The van der Waals surface area contributed by atoms with Gasteiger partial charge in [-0.25, -0.2) is 0 Å². The first-order valence-corrected chi connectivity index (χ1v) is 9.82. The van der Waals surface area contributed by atoms with Crippen molar-refractivity contribution >= 4 is 33.6 Å². The Hall–Kier alpha value is -1.46. The molecule has 1 fully saturated rings. The van der Waals surface area contributed by atoms with Crippen LogP contribution < -0.4 is 4.74 Å². The Kier molecular flexibility index (Phi) is 5.85. The number of ether oxygens (including phenoxy) is 1. The van der Waals surface area contributed by atoms with Crippen molar-refractivity contribution in [2.75, 3.05) is 26.0 Å². The molecule has 0 spiro atoms. The van der Waals surface area contributed by atoms with Crippen LogP contribution in [0.2, 0.25) is 0 Å². The zero-order chi connectivity index (χ0) is 16.9. The Bertz CT molecular complexity index is 708. The van der Waals surface area contributed by atoms with Crippen molar-refractivity contribution in [3.8, 4) is 5.75 Å². The van der Waals surface area contributed by atoms with Crippen LogP contribution in [-0.2, 0) is 0 Å². The number of carbonyl (C=O) groups excluding carboxylic acids is 1. The lowest BCUT2D eigenvalue weighted by molar-refractivity contribution is 0.0765. The number of amides is 1. The smallest absolute Gasteiger partial charge is 0.255 e. The predicted octanol–water partition coefficient (Wildman–Crippen LogP) is 4.78. The van der Waals surface area contributed by atoms with Crippen LogP contribution in [0, 0.1) is 0 Å². The van der Waals surface area contributed by atoms with E-state index in [2.05, 4.69) is 40.2 Å². The van der Waals surface area contributed by atoms with Crippen molar-refractivity contribution in [3.63, 3.8) is 0 Å². The third-order valence-corrected chi connectivity index (χ3v) is 6.22. The highest BCUT2D eigenvalue weighted by molar-refractivity contribution is 9.10. The van der Waals surface area contributed by atoms with Crippen molar-refractivity contribution in [2.24, 2.45) is 0 Å². The molecular weight excluding hydrogens is 386 g/mol. The Balaban J connectivity index is 1.73. The summed E-state index contributed by atoms with van der Waals surface area (Å²) in [7, 11) is 1.62. The van der Waals surface area contributed by atoms with Gasteiger partial charge in [0.2, 0.25) is 0 Å². The number of methoxy groups -OCH3 is 1. The zero-order valence-corrected chi connectivity index (χ0v) is 16.0. The Labute approximate surface area is 155 Å². The number of rotatable bonds is 3. The van der Waals surface area contributed by atoms with E-state index >= 15 is 0 Å². The standard InChI is InChI=1S/C19H20BrNO2S/c1-23-15-7-8-17(20)16(13-15)19(22)21-10-9-18(24-12-11-21)14-5-3-2-4-6-14/h2-8,13,18H,9-12H2,1H3. The highest BCUT2D eigenvalue weighted by Crippen LogP contribution is 2.35. The molecule has 1 amide bonds. The van der Waals surface area contributed by atoms with E-state index < -0.39 is 0 Å². The molecule has 1 atom stereocenters. The van der Waals surface area contributed by atoms with Gasteiger partial charge in [0.05, 0.1) is 12.7 Å². The van der Waals surface area contributed by atoms with E-state index in [1.165, 1.54) is 5.56 Å². The van der Waals surface area contributed by atoms with Crippen molar-refractivity contribution in [2.45, 2.75) is 11.7 Å². The summed E-state index contributed by atoms with van der Waals surface area (Å²) >= 11 is 5.42. The van der Waals surface area contributed by atoms with Crippen molar-refractivity contribution in [1.29, 1.82) is 0 Å². The summed E-state index contributed by atoms with van der Waals surface area (Å²) in [6.45, 7) is 1.55. The van der Waals surface area contributed by atoms with Gasteiger partial charge in [-0.2, -0.15) is 11.8 Å². The number of hydrogen-bond acceptors (Lipinski definition) is 3. The van der Waals surface area contributed by atoms with E-state index in [1.807, 2.05) is 34.9 Å². The lowest BCUT2D eigenvalue weighted by atomic mass is 10.1. The maximum Gasteiger partial charge on any atom is 0.255 e. The lowest BCUT2D eigenvalue weighted by Crippen LogP contribution is -2.33. The average Bonchev–Trinajstić information content (AvgIpc) is 2.88. The molecule has 1 aliphatic rings. The lowest BCUT2D eigenvalue weighted by Gasteiger charge is -2.21. The minimum atomic E-state index is 0.0649. The quantitative estimate of drug-likeness (QED) is 0.735. The monoisotopic (exact) mass is 405 g/mol. The fraction of sp³-hybridized carbons (Fsp3) is 0.316. The minimum Gasteiger partial charge on any atom is -0.497 e. The zero-order valence-electron chi connectivity index (χ0n) is 13.6. The van der Waals surface area contributed by atoms with Gasteiger partial charge >= 0.3 is 0 Å². The molecule has 5 heteroatoms. The summed E-state index contributed by atoms with van der Waals surface area (Å²) in [5.74, 6) is 1.72. The molecule has 1 heterocycles. The number of thioether (sulfide) groups is 1. The second-order valence-electron chi connectivity index (χ2n) is 5.70. The summed E-state index contributed by atoms with van der Waals surface area (Å²) < 4.78 is 6.06. The maximum absolute atomic E-state index is 12.9. The normalized spacial score (nSPS) is 18.1. The van der Waals surface area contributed by atoms with E-state index in [4.69, 9.17) is 4.74 Å². The summed E-state index contributed by atoms with van der Waals surface area (Å²) in [6, 6.07) is 16.1. The molecule has 24 heavy (non-hydrogen) atoms. The molecule has 0 bridgehead atoms. The van der Waals surface area contributed by atoms with Crippen molar-refractivity contribution in [1.82, 2.24) is 4.90 Å². The van der Waals surface area contributed by atoms with Crippen LogP contribution in [-0.4, -0.2) is 36.8 Å². The molecular formula is C19H20BrNO2S. The van der Waals surface area contributed by atoms with Crippen LogP contribution in [0.4, 0.5) is 0 Å². The summed E-state index contributed by atoms with van der Waals surface area (Å²) in [5.41, 5.74) is 2.01. The molecule has 126 valence electrons. The number of nitrogens with zero attached hydrogens (tertiary/aromatic N) is 1. The third-order valence-electron chi connectivity index (χ3n) is 4.20. The molecule has 1 saturated heterocycles. The van der Waals surface area contributed by atoms with Gasteiger partial charge in [0.1, 0.15) is 5.75 Å². The average molecular weight is 406 g/mol. The molecule has 0 saturated carbocycles. The van der Waals surface area contributed by atoms with Crippen LogP contribution in [0.1, 0.15) is 27.6 Å². The maximum atomic E-state index is 12.9.